The average Bonchev–Trinajstić information content (AvgIpc) is 2.43. The van der Waals surface area contributed by atoms with E-state index in [1.165, 1.54) is 18.2 Å². The Hall–Kier alpha value is -1.58. The SMILES string of the molecule is CCOC(=O)c1cc(-c2cccc(Cl)c2Cl)ccc1F. The van der Waals surface area contributed by atoms with Crippen LogP contribution >= 0.6 is 23.2 Å². The fourth-order valence-corrected chi connectivity index (χ4v) is 2.19. The topological polar surface area (TPSA) is 26.3 Å². The summed E-state index contributed by atoms with van der Waals surface area (Å²) in [7, 11) is 0. The molecule has 0 spiro atoms. The molecule has 5 heteroatoms. The lowest BCUT2D eigenvalue weighted by Gasteiger charge is -2.09. The highest BCUT2D eigenvalue weighted by atomic mass is 35.5. The highest BCUT2D eigenvalue weighted by molar-refractivity contribution is 6.43. The smallest absolute Gasteiger partial charge is 0.341 e. The van der Waals surface area contributed by atoms with Crippen LogP contribution in [0.4, 0.5) is 4.39 Å². The van der Waals surface area contributed by atoms with Crippen molar-refractivity contribution in [3.8, 4) is 11.1 Å². The van der Waals surface area contributed by atoms with E-state index >= 15 is 0 Å². The minimum atomic E-state index is -0.704. The molecule has 20 heavy (non-hydrogen) atoms. The van der Waals surface area contributed by atoms with Crippen LogP contribution in [-0.4, -0.2) is 12.6 Å². The molecule has 0 aliphatic carbocycles. The molecule has 0 saturated heterocycles. The fourth-order valence-electron chi connectivity index (χ4n) is 1.78. The van der Waals surface area contributed by atoms with Crippen molar-refractivity contribution in [2.75, 3.05) is 6.61 Å². The van der Waals surface area contributed by atoms with Crippen molar-refractivity contribution in [3.63, 3.8) is 0 Å². The van der Waals surface area contributed by atoms with Crippen LogP contribution in [0.2, 0.25) is 10.0 Å². The molecular formula is C15H11Cl2FO2. The molecule has 0 heterocycles. The Morgan fingerprint density at radius 1 is 1.25 bits per heavy atom. The van der Waals surface area contributed by atoms with Gasteiger partial charge in [-0.1, -0.05) is 41.4 Å². The number of carbonyl (C=O) groups is 1. The molecule has 0 N–H and O–H groups in total. The van der Waals surface area contributed by atoms with Crippen molar-refractivity contribution in [1.29, 1.82) is 0 Å². The summed E-state index contributed by atoms with van der Waals surface area (Å²) in [6.45, 7) is 1.84. The quantitative estimate of drug-likeness (QED) is 0.747. The second-order valence-corrected chi connectivity index (χ2v) is 4.80. The van der Waals surface area contributed by atoms with Crippen LogP contribution in [0.15, 0.2) is 36.4 Å². The largest absolute Gasteiger partial charge is 0.462 e. The van der Waals surface area contributed by atoms with Gasteiger partial charge in [-0.3, -0.25) is 0 Å². The van der Waals surface area contributed by atoms with Crippen molar-refractivity contribution < 1.29 is 13.9 Å². The van der Waals surface area contributed by atoms with Gasteiger partial charge in [-0.15, -0.1) is 0 Å². The van der Waals surface area contributed by atoms with E-state index in [4.69, 9.17) is 27.9 Å². The van der Waals surface area contributed by atoms with Gasteiger partial charge in [-0.25, -0.2) is 9.18 Å². The zero-order chi connectivity index (χ0) is 14.7. The normalized spacial score (nSPS) is 10.4. The zero-order valence-electron chi connectivity index (χ0n) is 10.6. The van der Waals surface area contributed by atoms with Crippen molar-refractivity contribution in [2.24, 2.45) is 0 Å². The predicted molar refractivity (Wildman–Crippen MR) is 77.8 cm³/mol. The molecule has 104 valence electrons. The third-order valence-corrected chi connectivity index (χ3v) is 3.54. The number of halogens is 3. The van der Waals surface area contributed by atoms with Crippen molar-refractivity contribution in [2.45, 2.75) is 6.92 Å². The van der Waals surface area contributed by atoms with Gasteiger partial charge < -0.3 is 4.74 Å². The molecule has 2 rings (SSSR count). The summed E-state index contributed by atoms with van der Waals surface area (Å²) in [5, 5.41) is 0.752. The van der Waals surface area contributed by atoms with E-state index in [2.05, 4.69) is 0 Å². The molecule has 0 unspecified atom stereocenters. The molecule has 0 aromatic heterocycles. The molecule has 0 aliphatic heterocycles. The molecule has 2 nitrogen and oxygen atoms in total. The second-order valence-electron chi connectivity index (χ2n) is 4.02. The van der Waals surface area contributed by atoms with Crippen LogP contribution in [-0.2, 0) is 4.74 Å². The van der Waals surface area contributed by atoms with Crippen LogP contribution < -0.4 is 0 Å². The Morgan fingerprint density at radius 3 is 2.70 bits per heavy atom. The van der Waals surface area contributed by atoms with Crippen molar-refractivity contribution in [1.82, 2.24) is 0 Å². The minimum Gasteiger partial charge on any atom is -0.462 e. The van der Waals surface area contributed by atoms with E-state index in [0.717, 1.165) is 0 Å². The molecule has 0 amide bonds. The molecule has 0 radical (unpaired) electrons. The molecule has 2 aromatic rings. The Labute approximate surface area is 126 Å². The van der Waals surface area contributed by atoms with E-state index in [9.17, 15) is 9.18 Å². The maximum Gasteiger partial charge on any atom is 0.341 e. The molecule has 0 bridgehead atoms. The number of esters is 1. The Balaban J connectivity index is 2.51. The first-order valence-corrected chi connectivity index (χ1v) is 6.71. The first-order chi connectivity index (χ1) is 9.54. The Bertz CT molecular complexity index is 656. The summed E-state index contributed by atoms with van der Waals surface area (Å²) >= 11 is 12.1. The summed E-state index contributed by atoms with van der Waals surface area (Å²) in [6.07, 6.45) is 0. The van der Waals surface area contributed by atoms with E-state index in [1.807, 2.05) is 0 Å². The molecule has 0 saturated carbocycles. The van der Waals surface area contributed by atoms with E-state index in [0.29, 0.717) is 21.2 Å². The van der Waals surface area contributed by atoms with Crippen LogP contribution in [0.3, 0.4) is 0 Å². The summed E-state index contributed by atoms with van der Waals surface area (Å²) in [6, 6.07) is 9.29. The number of carbonyl (C=O) groups excluding carboxylic acids is 1. The second kappa shape index (κ2) is 6.25. The van der Waals surface area contributed by atoms with Gasteiger partial charge in [0.05, 0.1) is 22.2 Å². The standard InChI is InChI=1S/C15H11Cl2FO2/c1-2-20-15(19)11-8-9(6-7-13(11)18)10-4-3-5-12(16)14(10)17/h3-8H,2H2,1H3. The van der Waals surface area contributed by atoms with Gasteiger partial charge in [0.2, 0.25) is 0 Å². The number of benzene rings is 2. The number of hydrogen-bond donors (Lipinski definition) is 0. The summed E-state index contributed by atoms with van der Waals surface area (Å²) < 4.78 is 18.5. The maximum atomic E-state index is 13.7. The van der Waals surface area contributed by atoms with Gasteiger partial charge in [0.15, 0.2) is 0 Å². The predicted octanol–water partition coefficient (Wildman–Crippen LogP) is 4.98. The van der Waals surface area contributed by atoms with Crippen LogP contribution in [0.5, 0.6) is 0 Å². The zero-order valence-corrected chi connectivity index (χ0v) is 12.1. The van der Waals surface area contributed by atoms with Crippen LogP contribution in [0, 0.1) is 5.82 Å². The van der Waals surface area contributed by atoms with E-state index < -0.39 is 11.8 Å². The third-order valence-electron chi connectivity index (χ3n) is 2.72. The van der Waals surface area contributed by atoms with E-state index in [-0.39, 0.29) is 12.2 Å². The van der Waals surface area contributed by atoms with Gasteiger partial charge in [0.1, 0.15) is 5.82 Å². The van der Waals surface area contributed by atoms with Crippen molar-refractivity contribution in [3.05, 3.63) is 57.8 Å². The maximum absolute atomic E-state index is 13.7. The minimum absolute atomic E-state index is 0.125. The van der Waals surface area contributed by atoms with Gasteiger partial charge in [-0.2, -0.15) is 0 Å². The molecule has 0 atom stereocenters. The highest BCUT2D eigenvalue weighted by Gasteiger charge is 2.15. The number of rotatable bonds is 3. The van der Waals surface area contributed by atoms with Gasteiger partial charge in [0, 0.05) is 5.56 Å². The lowest BCUT2D eigenvalue weighted by atomic mass is 10.0. The average molecular weight is 313 g/mol. The first-order valence-electron chi connectivity index (χ1n) is 5.95. The fraction of sp³-hybridized carbons (Fsp3) is 0.133. The lowest BCUT2D eigenvalue weighted by Crippen LogP contribution is -2.07. The summed E-state index contributed by atoms with van der Waals surface area (Å²) in [5.74, 6) is -1.34. The van der Waals surface area contributed by atoms with Crippen LogP contribution in [0.1, 0.15) is 17.3 Å². The van der Waals surface area contributed by atoms with E-state index in [1.54, 1.807) is 25.1 Å². The van der Waals surface area contributed by atoms with Gasteiger partial charge in [0.25, 0.3) is 0 Å². The molecular weight excluding hydrogens is 302 g/mol. The Kier molecular flexibility index (Phi) is 4.63. The van der Waals surface area contributed by atoms with Crippen molar-refractivity contribution >= 4 is 29.2 Å². The molecule has 2 aromatic carbocycles. The van der Waals surface area contributed by atoms with Gasteiger partial charge in [-0.05, 0) is 30.7 Å². The lowest BCUT2D eigenvalue weighted by molar-refractivity contribution is 0.0521. The third kappa shape index (κ3) is 2.94. The number of ether oxygens (including phenoxy) is 1. The number of hydrogen-bond acceptors (Lipinski definition) is 2. The molecule has 0 fully saturated rings. The molecule has 0 aliphatic rings. The van der Waals surface area contributed by atoms with Crippen LogP contribution in [0.25, 0.3) is 11.1 Å². The summed E-state index contributed by atoms with van der Waals surface area (Å²) in [4.78, 5) is 11.7. The highest BCUT2D eigenvalue weighted by Crippen LogP contribution is 2.34. The van der Waals surface area contributed by atoms with Gasteiger partial charge >= 0.3 is 5.97 Å². The first kappa shape index (κ1) is 14.8. The monoisotopic (exact) mass is 312 g/mol. The Morgan fingerprint density at radius 2 is 2.00 bits per heavy atom. The summed E-state index contributed by atoms with van der Waals surface area (Å²) in [5.41, 5.74) is 1.10.